The lowest BCUT2D eigenvalue weighted by Gasteiger charge is -1.99. The minimum Gasteiger partial charge on any atom is -0.274 e. The number of hydrogen-bond acceptors (Lipinski definition) is 2. The van der Waals surface area contributed by atoms with Gasteiger partial charge < -0.3 is 0 Å². The Bertz CT molecular complexity index is 377. The first-order chi connectivity index (χ1) is 6.61. The van der Waals surface area contributed by atoms with Gasteiger partial charge in [-0.15, -0.1) is 0 Å². The van der Waals surface area contributed by atoms with Gasteiger partial charge in [0.05, 0.1) is 16.3 Å². The third-order valence-electron chi connectivity index (χ3n) is 1.41. The maximum absolute atomic E-state index is 10.5. The summed E-state index contributed by atoms with van der Waals surface area (Å²) in [5.74, 6) is -0.237. The summed E-state index contributed by atoms with van der Waals surface area (Å²) in [4.78, 5) is 10.5. The van der Waals surface area contributed by atoms with Crippen LogP contribution < -0.4 is 5.43 Å². The van der Waals surface area contributed by atoms with E-state index in [1.165, 1.54) is 13.1 Å². The lowest BCUT2D eigenvalue weighted by atomic mass is 10.2. The standard InChI is InChI=1S/C9H8Cl2N2O/c1-6(14)13-12-5-7-3-2-4-8(10)9(7)11/h2-5H,1H3,(H,13,14)/b12-5+. The predicted molar refractivity (Wildman–Crippen MR) is 57.9 cm³/mol. The van der Waals surface area contributed by atoms with Crippen LogP contribution >= 0.6 is 23.2 Å². The average Bonchev–Trinajstić information content (AvgIpc) is 2.12. The molecule has 0 fully saturated rings. The molecule has 0 atom stereocenters. The van der Waals surface area contributed by atoms with Crippen molar-refractivity contribution in [3.05, 3.63) is 33.8 Å². The first-order valence-corrected chi connectivity index (χ1v) is 4.60. The van der Waals surface area contributed by atoms with Gasteiger partial charge in [0.1, 0.15) is 0 Å². The van der Waals surface area contributed by atoms with Crippen molar-refractivity contribution >= 4 is 35.3 Å². The Morgan fingerprint density at radius 1 is 1.50 bits per heavy atom. The Hall–Kier alpha value is -1.06. The third kappa shape index (κ3) is 3.01. The average molecular weight is 231 g/mol. The molecule has 0 heterocycles. The Morgan fingerprint density at radius 2 is 2.21 bits per heavy atom. The Balaban J connectivity index is 2.81. The highest BCUT2D eigenvalue weighted by Crippen LogP contribution is 2.23. The van der Waals surface area contributed by atoms with Gasteiger partial charge in [-0.25, -0.2) is 5.43 Å². The fourth-order valence-electron chi connectivity index (χ4n) is 0.813. The summed E-state index contributed by atoms with van der Waals surface area (Å²) in [6, 6.07) is 5.18. The number of rotatable bonds is 2. The molecule has 74 valence electrons. The molecule has 0 saturated heterocycles. The van der Waals surface area contributed by atoms with Crippen LogP contribution in [0.4, 0.5) is 0 Å². The first kappa shape index (κ1) is 11.0. The molecule has 3 nitrogen and oxygen atoms in total. The number of halogens is 2. The molecule has 1 N–H and O–H groups in total. The third-order valence-corrected chi connectivity index (χ3v) is 2.24. The van der Waals surface area contributed by atoms with Gasteiger partial charge in [-0.1, -0.05) is 35.3 Å². The minimum absolute atomic E-state index is 0.237. The maximum Gasteiger partial charge on any atom is 0.236 e. The summed E-state index contributed by atoms with van der Waals surface area (Å²) >= 11 is 11.6. The molecule has 5 heteroatoms. The smallest absolute Gasteiger partial charge is 0.236 e. The van der Waals surface area contributed by atoms with Gasteiger partial charge in [-0.3, -0.25) is 4.79 Å². The second-order valence-electron chi connectivity index (χ2n) is 2.57. The first-order valence-electron chi connectivity index (χ1n) is 3.85. The number of nitrogens with one attached hydrogen (secondary N) is 1. The molecule has 0 saturated carbocycles. The lowest BCUT2D eigenvalue weighted by molar-refractivity contribution is -0.118. The molecule has 0 radical (unpaired) electrons. The molecule has 0 bridgehead atoms. The number of nitrogens with zero attached hydrogens (tertiary/aromatic N) is 1. The fraction of sp³-hybridized carbons (Fsp3) is 0.111. The summed E-state index contributed by atoms with van der Waals surface area (Å²) in [6.07, 6.45) is 1.44. The number of carbonyl (C=O) groups excluding carboxylic acids is 1. The van der Waals surface area contributed by atoms with Crippen molar-refractivity contribution in [1.82, 2.24) is 5.43 Å². The number of amides is 1. The minimum atomic E-state index is -0.237. The van der Waals surface area contributed by atoms with E-state index in [4.69, 9.17) is 23.2 Å². The molecule has 1 aromatic rings. The van der Waals surface area contributed by atoms with E-state index in [0.29, 0.717) is 15.6 Å². The van der Waals surface area contributed by atoms with E-state index in [1.807, 2.05) is 0 Å². The number of carbonyl (C=O) groups is 1. The highest BCUT2D eigenvalue weighted by atomic mass is 35.5. The highest BCUT2D eigenvalue weighted by molar-refractivity contribution is 6.43. The van der Waals surface area contributed by atoms with Crippen LogP contribution in [0.2, 0.25) is 10.0 Å². The highest BCUT2D eigenvalue weighted by Gasteiger charge is 2.00. The van der Waals surface area contributed by atoms with Crippen LogP contribution in [0.25, 0.3) is 0 Å². The molecular weight excluding hydrogens is 223 g/mol. The summed E-state index contributed by atoms with van der Waals surface area (Å²) in [7, 11) is 0. The van der Waals surface area contributed by atoms with E-state index >= 15 is 0 Å². The van der Waals surface area contributed by atoms with Crippen LogP contribution in [0.15, 0.2) is 23.3 Å². The van der Waals surface area contributed by atoms with Crippen LogP contribution in [-0.4, -0.2) is 12.1 Å². The van der Waals surface area contributed by atoms with Crippen molar-refractivity contribution < 1.29 is 4.79 Å². The quantitative estimate of drug-likeness (QED) is 0.616. The van der Waals surface area contributed by atoms with Gasteiger partial charge in [0.2, 0.25) is 5.91 Å². The van der Waals surface area contributed by atoms with E-state index in [0.717, 1.165) is 0 Å². The summed E-state index contributed by atoms with van der Waals surface area (Å²) in [5, 5.41) is 4.55. The number of hydrogen-bond donors (Lipinski definition) is 1. The van der Waals surface area contributed by atoms with Crippen molar-refractivity contribution in [1.29, 1.82) is 0 Å². The van der Waals surface area contributed by atoms with Crippen molar-refractivity contribution in [2.75, 3.05) is 0 Å². The van der Waals surface area contributed by atoms with Gasteiger partial charge in [-0.05, 0) is 6.07 Å². The lowest BCUT2D eigenvalue weighted by Crippen LogP contribution is -2.12. The zero-order valence-electron chi connectivity index (χ0n) is 7.42. The van der Waals surface area contributed by atoms with Crippen molar-refractivity contribution in [2.45, 2.75) is 6.92 Å². The monoisotopic (exact) mass is 230 g/mol. The van der Waals surface area contributed by atoms with Crippen molar-refractivity contribution in [2.24, 2.45) is 5.10 Å². The van der Waals surface area contributed by atoms with Crippen LogP contribution in [0.3, 0.4) is 0 Å². The molecule has 1 aromatic carbocycles. The molecule has 0 spiro atoms. The Morgan fingerprint density at radius 3 is 2.86 bits per heavy atom. The van der Waals surface area contributed by atoms with Crippen LogP contribution in [0, 0.1) is 0 Å². The molecular formula is C9H8Cl2N2O. The Labute approximate surface area is 91.7 Å². The predicted octanol–water partition coefficient (Wildman–Crippen LogP) is 2.46. The molecule has 0 aliphatic heterocycles. The zero-order chi connectivity index (χ0) is 10.6. The van der Waals surface area contributed by atoms with Gasteiger partial charge in [0.25, 0.3) is 0 Å². The molecule has 1 amide bonds. The summed E-state index contributed by atoms with van der Waals surface area (Å²) < 4.78 is 0. The van der Waals surface area contributed by atoms with Crippen molar-refractivity contribution in [3.63, 3.8) is 0 Å². The maximum atomic E-state index is 10.5. The van der Waals surface area contributed by atoms with Crippen LogP contribution in [0.5, 0.6) is 0 Å². The van der Waals surface area contributed by atoms with E-state index in [1.54, 1.807) is 18.2 Å². The van der Waals surface area contributed by atoms with Crippen LogP contribution in [0.1, 0.15) is 12.5 Å². The van der Waals surface area contributed by atoms with Gasteiger partial charge >= 0.3 is 0 Å². The normalized spacial score (nSPS) is 10.5. The van der Waals surface area contributed by atoms with Gasteiger partial charge in [0.15, 0.2) is 0 Å². The molecule has 14 heavy (non-hydrogen) atoms. The molecule has 0 aliphatic carbocycles. The van der Waals surface area contributed by atoms with Gasteiger partial charge in [0, 0.05) is 12.5 Å². The molecule has 0 unspecified atom stereocenters. The molecule has 1 rings (SSSR count). The van der Waals surface area contributed by atoms with E-state index < -0.39 is 0 Å². The Kier molecular flexibility index (Phi) is 3.92. The molecule has 0 aliphatic rings. The number of benzene rings is 1. The number of hydrazone groups is 1. The van der Waals surface area contributed by atoms with Crippen molar-refractivity contribution in [3.8, 4) is 0 Å². The van der Waals surface area contributed by atoms with Crippen LogP contribution in [-0.2, 0) is 4.79 Å². The molecule has 0 aromatic heterocycles. The van der Waals surface area contributed by atoms with E-state index in [2.05, 4.69) is 10.5 Å². The van der Waals surface area contributed by atoms with E-state index in [-0.39, 0.29) is 5.91 Å². The fourth-order valence-corrected chi connectivity index (χ4v) is 1.17. The second kappa shape index (κ2) is 4.98. The second-order valence-corrected chi connectivity index (χ2v) is 3.35. The van der Waals surface area contributed by atoms with E-state index in [9.17, 15) is 4.79 Å². The largest absolute Gasteiger partial charge is 0.274 e. The SMILES string of the molecule is CC(=O)N/N=C/c1cccc(Cl)c1Cl. The van der Waals surface area contributed by atoms with Gasteiger partial charge in [-0.2, -0.15) is 5.10 Å². The zero-order valence-corrected chi connectivity index (χ0v) is 8.93. The topological polar surface area (TPSA) is 41.5 Å². The summed E-state index contributed by atoms with van der Waals surface area (Å²) in [5.41, 5.74) is 2.93. The summed E-state index contributed by atoms with van der Waals surface area (Å²) in [6.45, 7) is 1.37.